The number of likely N-dealkylation sites (tertiary alicyclic amines) is 1. The second-order valence-corrected chi connectivity index (χ2v) is 15.3. The highest BCUT2D eigenvalue weighted by Crippen LogP contribution is 2.54. The maximum atomic E-state index is 13.7. The lowest BCUT2D eigenvalue weighted by atomic mass is 9.54. The van der Waals surface area contributed by atoms with E-state index in [4.69, 9.17) is 15.0 Å². The van der Waals surface area contributed by atoms with Gasteiger partial charge in [-0.1, -0.05) is 25.7 Å². The Morgan fingerprint density at radius 3 is 2.24 bits per heavy atom. The van der Waals surface area contributed by atoms with Gasteiger partial charge in [-0.15, -0.1) is 24.2 Å². The monoisotopic (exact) mass is 606 g/mol. The van der Waals surface area contributed by atoms with Crippen LogP contribution in [-0.2, 0) is 4.79 Å². The molecule has 41 heavy (non-hydrogen) atoms. The first-order chi connectivity index (χ1) is 19.5. The third-order valence-corrected chi connectivity index (χ3v) is 12.7. The molecule has 2 amide bonds. The van der Waals surface area contributed by atoms with Gasteiger partial charge in [0, 0.05) is 30.4 Å². The molecule has 3 N–H and O–H groups in total. The zero-order valence-corrected chi connectivity index (χ0v) is 25.8. The van der Waals surface area contributed by atoms with Crippen molar-refractivity contribution in [1.29, 1.82) is 0 Å². The molecule has 1 saturated heterocycles. The van der Waals surface area contributed by atoms with Gasteiger partial charge in [0.25, 0.3) is 11.8 Å². The summed E-state index contributed by atoms with van der Waals surface area (Å²) in [6.45, 7) is 1.74. The number of amides is 2. The van der Waals surface area contributed by atoms with Gasteiger partial charge in [-0.25, -0.2) is 0 Å². The van der Waals surface area contributed by atoms with Crippen molar-refractivity contribution in [3.63, 3.8) is 0 Å². The normalized spacial score (nSPS) is 32.7. The summed E-state index contributed by atoms with van der Waals surface area (Å²) in [6, 6.07) is 0.436. The quantitative estimate of drug-likeness (QED) is 0.398. The molecule has 0 atom stereocenters. The molecule has 6 saturated carbocycles. The van der Waals surface area contributed by atoms with Crippen LogP contribution in [0.25, 0.3) is 0 Å². The average Bonchev–Trinajstić information content (AvgIpc) is 3.33. The van der Waals surface area contributed by atoms with Crippen LogP contribution in [-0.4, -0.2) is 58.9 Å². The Balaban J connectivity index is 0.00000302. The summed E-state index contributed by atoms with van der Waals surface area (Å²) >= 11 is 1.71. The van der Waals surface area contributed by atoms with Crippen LogP contribution < -0.4 is 15.8 Å². The minimum Gasteiger partial charge on any atom is -0.474 e. The van der Waals surface area contributed by atoms with E-state index in [0.717, 1.165) is 74.8 Å². The number of nitrogens with zero attached hydrogens (tertiary/aromatic N) is 2. The van der Waals surface area contributed by atoms with Crippen molar-refractivity contribution in [3.8, 4) is 5.88 Å². The van der Waals surface area contributed by atoms with E-state index in [2.05, 4.69) is 10.5 Å². The summed E-state index contributed by atoms with van der Waals surface area (Å²) in [4.78, 5) is 30.0. The molecule has 6 aliphatic carbocycles. The molecule has 8 nitrogen and oxygen atoms in total. The summed E-state index contributed by atoms with van der Waals surface area (Å²) in [7, 11) is 0. The SMILES string of the molecule is Cl.NC1CCN(C(=O)C2(COc3noc(C(=O)NC4C5CC6CC(C5)CC4C6)c3SC3CCCCC3)CCC2)CC1. The Morgan fingerprint density at radius 1 is 0.976 bits per heavy atom. The highest BCUT2D eigenvalue weighted by Gasteiger charge is 2.50. The molecular formula is C31H47ClN4O4S. The van der Waals surface area contributed by atoms with Crippen LogP contribution in [0.15, 0.2) is 9.42 Å². The first kappa shape index (κ1) is 29.6. The molecule has 0 aromatic carbocycles. The number of hydrogen-bond acceptors (Lipinski definition) is 7. The van der Waals surface area contributed by atoms with Crippen LogP contribution in [0.3, 0.4) is 0 Å². The van der Waals surface area contributed by atoms with Crippen molar-refractivity contribution in [2.24, 2.45) is 34.8 Å². The second kappa shape index (κ2) is 12.3. The molecule has 1 aliphatic heterocycles. The molecule has 1 aromatic heterocycles. The number of hydrogen-bond donors (Lipinski definition) is 2. The molecule has 228 valence electrons. The Kier molecular flexibility index (Phi) is 8.86. The maximum absolute atomic E-state index is 13.7. The lowest BCUT2D eigenvalue weighted by molar-refractivity contribution is -0.151. The summed E-state index contributed by atoms with van der Waals surface area (Å²) in [5.74, 6) is 3.67. The Bertz CT molecular complexity index is 1070. The van der Waals surface area contributed by atoms with Gasteiger partial charge in [0.05, 0.1) is 5.41 Å². The summed E-state index contributed by atoms with van der Waals surface area (Å²) in [5.41, 5.74) is 5.58. The van der Waals surface area contributed by atoms with Crippen molar-refractivity contribution in [2.45, 2.75) is 119 Å². The number of halogens is 1. The van der Waals surface area contributed by atoms with Crippen molar-refractivity contribution >= 4 is 36.0 Å². The number of thioether (sulfide) groups is 1. The highest BCUT2D eigenvalue weighted by atomic mass is 35.5. The highest BCUT2D eigenvalue weighted by molar-refractivity contribution is 8.00. The molecule has 10 heteroatoms. The van der Waals surface area contributed by atoms with Crippen LogP contribution in [0.4, 0.5) is 0 Å². The van der Waals surface area contributed by atoms with Crippen molar-refractivity contribution < 1.29 is 18.8 Å². The van der Waals surface area contributed by atoms with E-state index in [0.29, 0.717) is 28.7 Å². The van der Waals surface area contributed by atoms with Gasteiger partial charge in [0.15, 0.2) is 0 Å². The van der Waals surface area contributed by atoms with Crippen molar-refractivity contribution in [3.05, 3.63) is 5.76 Å². The molecule has 0 radical (unpaired) electrons. The van der Waals surface area contributed by atoms with Gasteiger partial charge in [0.2, 0.25) is 11.7 Å². The lowest BCUT2D eigenvalue weighted by Gasteiger charge is -2.54. The number of nitrogens with one attached hydrogen (secondary N) is 1. The smallest absolute Gasteiger partial charge is 0.291 e. The topological polar surface area (TPSA) is 111 Å². The Hall–Kier alpha value is -1.45. The third-order valence-electron chi connectivity index (χ3n) is 11.3. The molecule has 7 aliphatic rings. The molecule has 1 aromatic rings. The fourth-order valence-electron chi connectivity index (χ4n) is 9.00. The van der Waals surface area contributed by atoms with E-state index >= 15 is 0 Å². The predicted octanol–water partition coefficient (Wildman–Crippen LogP) is 5.57. The molecule has 0 unspecified atom stereocenters. The van der Waals surface area contributed by atoms with Gasteiger partial charge >= 0.3 is 0 Å². The van der Waals surface area contributed by atoms with Gasteiger partial charge in [0.1, 0.15) is 11.5 Å². The first-order valence-corrected chi connectivity index (χ1v) is 17.0. The predicted molar refractivity (Wildman–Crippen MR) is 160 cm³/mol. The first-order valence-electron chi connectivity index (χ1n) is 16.1. The Labute approximate surface area is 254 Å². The van der Waals surface area contributed by atoms with Crippen molar-refractivity contribution in [1.82, 2.24) is 15.4 Å². The van der Waals surface area contributed by atoms with E-state index in [9.17, 15) is 9.59 Å². The fourth-order valence-corrected chi connectivity index (χ4v) is 10.3. The van der Waals surface area contributed by atoms with Gasteiger partial charge in [-0.2, -0.15) is 0 Å². The largest absolute Gasteiger partial charge is 0.474 e. The van der Waals surface area contributed by atoms with Crippen LogP contribution in [0.5, 0.6) is 5.88 Å². The summed E-state index contributed by atoms with van der Waals surface area (Å²) < 4.78 is 12.1. The van der Waals surface area contributed by atoms with Gasteiger partial charge < -0.3 is 25.2 Å². The molecule has 0 spiro atoms. The lowest BCUT2D eigenvalue weighted by Crippen LogP contribution is -2.55. The molecule has 8 rings (SSSR count). The van der Waals surface area contributed by atoms with E-state index in [1.165, 1.54) is 51.4 Å². The number of carbonyl (C=O) groups is 2. The number of carbonyl (C=O) groups excluding carboxylic acids is 2. The summed E-state index contributed by atoms with van der Waals surface area (Å²) in [6.07, 6.45) is 16.8. The maximum Gasteiger partial charge on any atom is 0.291 e. The van der Waals surface area contributed by atoms with Crippen LogP contribution in [0.1, 0.15) is 107 Å². The minimum absolute atomic E-state index is 0. The van der Waals surface area contributed by atoms with E-state index in [1.807, 2.05) is 4.90 Å². The summed E-state index contributed by atoms with van der Waals surface area (Å²) in [5, 5.41) is 8.16. The third kappa shape index (κ3) is 5.88. The van der Waals surface area contributed by atoms with Gasteiger partial charge in [-0.3, -0.25) is 9.59 Å². The number of ether oxygens (including phenoxy) is 1. The average molecular weight is 607 g/mol. The van der Waals surface area contributed by atoms with E-state index in [-0.39, 0.29) is 42.9 Å². The fraction of sp³-hybridized carbons (Fsp3) is 0.839. The Morgan fingerprint density at radius 2 is 1.63 bits per heavy atom. The number of aromatic nitrogens is 1. The molecule has 4 bridgehead atoms. The number of nitrogens with two attached hydrogens (primary N) is 1. The standard InChI is InChI=1S/C31H46N4O4S.ClH/c32-23-7-11-35(12-8-23)30(37)31(9-4-10-31)18-38-29-27(40-24-5-2-1-3-6-24)26(39-34-29)28(36)33-25-21-14-19-13-20(16-21)17-22(25)15-19;/h19-25H,1-18,32H2,(H,33,36);1H. The minimum atomic E-state index is -0.504. The van der Waals surface area contributed by atoms with Crippen LogP contribution in [0, 0.1) is 29.1 Å². The zero-order chi connectivity index (χ0) is 27.3. The van der Waals surface area contributed by atoms with Crippen LogP contribution >= 0.6 is 24.2 Å². The van der Waals surface area contributed by atoms with Gasteiger partial charge in [-0.05, 0) is 99.5 Å². The molecule has 7 fully saturated rings. The van der Waals surface area contributed by atoms with E-state index < -0.39 is 5.41 Å². The van der Waals surface area contributed by atoms with Crippen molar-refractivity contribution in [2.75, 3.05) is 19.7 Å². The molecular weight excluding hydrogens is 560 g/mol. The second-order valence-electron chi connectivity index (χ2n) is 14.0. The van der Waals surface area contributed by atoms with Crippen LogP contribution in [0.2, 0.25) is 0 Å². The number of rotatable bonds is 8. The zero-order valence-electron chi connectivity index (χ0n) is 24.2. The van der Waals surface area contributed by atoms with E-state index in [1.54, 1.807) is 11.8 Å². The number of piperidine rings is 1. The molecule has 2 heterocycles.